The lowest BCUT2D eigenvalue weighted by Gasteiger charge is -2.10. The molecule has 0 radical (unpaired) electrons. The van der Waals surface area contributed by atoms with E-state index in [4.69, 9.17) is 14.2 Å². The Labute approximate surface area is 192 Å². The highest BCUT2D eigenvalue weighted by molar-refractivity contribution is 5.97. The zero-order valence-electron chi connectivity index (χ0n) is 18.6. The van der Waals surface area contributed by atoms with Crippen LogP contribution in [0.2, 0.25) is 0 Å². The van der Waals surface area contributed by atoms with Gasteiger partial charge in [-0.2, -0.15) is 5.10 Å². The Morgan fingerprint density at radius 3 is 2.45 bits per heavy atom. The van der Waals surface area contributed by atoms with Gasteiger partial charge in [0.25, 0.3) is 5.91 Å². The predicted molar refractivity (Wildman–Crippen MR) is 123 cm³/mol. The fraction of sp³-hybridized carbons (Fsp3) is 0.304. The zero-order chi connectivity index (χ0) is 23.9. The first-order chi connectivity index (χ1) is 16.0. The summed E-state index contributed by atoms with van der Waals surface area (Å²) in [7, 11) is 3.11. The number of anilines is 1. The van der Waals surface area contributed by atoms with Gasteiger partial charge in [-0.25, -0.2) is 5.43 Å². The second-order valence-corrected chi connectivity index (χ2v) is 6.77. The summed E-state index contributed by atoms with van der Waals surface area (Å²) in [6.45, 7) is 0.811. The van der Waals surface area contributed by atoms with Crippen LogP contribution in [0.5, 0.6) is 11.5 Å². The molecule has 0 saturated heterocycles. The van der Waals surface area contributed by atoms with E-state index < -0.39 is 5.91 Å². The van der Waals surface area contributed by atoms with E-state index >= 15 is 0 Å². The standard InChI is InChI=1S/C23H28N4O6/c1-31-13-5-12-24-21(28)14-22(29)27-25-15-17-8-10-18(11-9-17)33-16-23(30)26-19-6-3-4-7-20(19)32-2/h3-4,6-11,15H,5,12-14,16H2,1-2H3,(H,24,28)(H,26,30)(H,27,29)/b25-15+. The molecule has 0 saturated carbocycles. The molecular formula is C23H28N4O6. The van der Waals surface area contributed by atoms with Crippen molar-refractivity contribution in [3.05, 3.63) is 54.1 Å². The minimum atomic E-state index is -0.517. The summed E-state index contributed by atoms with van der Waals surface area (Å²) in [5.41, 5.74) is 3.56. The van der Waals surface area contributed by atoms with E-state index in [0.717, 1.165) is 0 Å². The molecule has 0 heterocycles. The lowest BCUT2D eigenvalue weighted by atomic mass is 10.2. The number of hydrazone groups is 1. The van der Waals surface area contributed by atoms with Gasteiger partial charge in [-0.1, -0.05) is 12.1 Å². The smallest absolute Gasteiger partial charge is 0.262 e. The van der Waals surface area contributed by atoms with E-state index in [2.05, 4.69) is 21.2 Å². The van der Waals surface area contributed by atoms with Gasteiger partial charge in [0.1, 0.15) is 17.9 Å². The van der Waals surface area contributed by atoms with Crippen LogP contribution in [0.4, 0.5) is 5.69 Å². The van der Waals surface area contributed by atoms with Crippen molar-refractivity contribution in [2.45, 2.75) is 12.8 Å². The Hall–Kier alpha value is -3.92. The maximum atomic E-state index is 12.1. The number of carbonyl (C=O) groups is 3. The van der Waals surface area contributed by atoms with Crippen molar-refractivity contribution in [1.29, 1.82) is 0 Å². The van der Waals surface area contributed by atoms with E-state index in [0.29, 0.717) is 42.3 Å². The molecule has 3 amide bonds. The first-order valence-corrected chi connectivity index (χ1v) is 10.2. The largest absolute Gasteiger partial charge is 0.495 e. The van der Waals surface area contributed by atoms with Crippen LogP contribution in [-0.4, -0.2) is 57.9 Å². The van der Waals surface area contributed by atoms with Crippen LogP contribution in [0.15, 0.2) is 53.6 Å². The highest BCUT2D eigenvalue weighted by Crippen LogP contribution is 2.22. The lowest BCUT2D eigenvalue weighted by molar-refractivity contribution is -0.129. The third kappa shape index (κ3) is 9.83. The quantitative estimate of drug-likeness (QED) is 0.182. The van der Waals surface area contributed by atoms with E-state index in [1.165, 1.54) is 13.3 Å². The number of hydrogen-bond acceptors (Lipinski definition) is 7. The topological polar surface area (TPSA) is 127 Å². The molecule has 10 nitrogen and oxygen atoms in total. The number of methoxy groups -OCH3 is 2. The average molecular weight is 456 g/mol. The molecule has 0 unspecified atom stereocenters. The first kappa shape index (κ1) is 25.3. The molecule has 176 valence electrons. The summed E-state index contributed by atoms with van der Waals surface area (Å²) in [5.74, 6) is -0.164. The van der Waals surface area contributed by atoms with Crippen LogP contribution in [-0.2, 0) is 19.1 Å². The van der Waals surface area contributed by atoms with Gasteiger partial charge >= 0.3 is 0 Å². The molecule has 0 spiro atoms. The SMILES string of the molecule is COCCCNC(=O)CC(=O)N/N=C/c1ccc(OCC(=O)Nc2ccccc2OC)cc1. The second kappa shape index (κ2) is 14.2. The zero-order valence-corrected chi connectivity index (χ0v) is 18.6. The molecule has 0 fully saturated rings. The van der Waals surface area contributed by atoms with Crippen LogP contribution >= 0.6 is 0 Å². The molecule has 0 aliphatic rings. The number of nitrogens with zero attached hydrogens (tertiary/aromatic N) is 1. The van der Waals surface area contributed by atoms with Gasteiger partial charge in [0.15, 0.2) is 6.61 Å². The van der Waals surface area contributed by atoms with E-state index in [1.54, 1.807) is 49.6 Å². The Morgan fingerprint density at radius 1 is 0.970 bits per heavy atom. The average Bonchev–Trinajstić information content (AvgIpc) is 2.81. The monoisotopic (exact) mass is 456 g/mol. The predicted octanol–water partition coefficient (Wildman–Crippen LogP) is 1.71. The van der Waals surface area contributed by atoms with Gasteiger partial charge in [-0.05, 0) is 48.4 Å². The molecule has 0 aromatic heterocycles. The third-order valence-electron chi connectivity index (χ3n) is 4.20. The van der Waals surface area contributed by atoms with Gasteiger partial charge in [0.2, 0.25) is 11.8 Å². The summed E-state index contributed by atoms with van der Waals surface area (Å²) in [4.78, 5) is 35.5. The molecule has 0 aliphatic carbocycles. The van der Waals surface area contributed by atoms with Crippen molar-refractivity contribution in [3.8, 4) is 11.5 Å². The minimum absolute atomic E-state index is 0.172. The molecule has 2 aromatic carbocycles. The van der Waals surface area contributed by atoms with Crippen LogP contribution in [0, 0.1) is 0 Å². The Kier molecular flexibility index (Phi) is 10.9. The Morgan fingerprint density at radius 2 is 1.73 bits per heavy atom. The number of nitrogens with one attached hydrogen (secondary N) is 3. The maximum absolute atomic E-state index is 12.1. The molecule has 0 aliphatic heterocycles. The van der Waals surface area contributed by atoms with E-state index in [9.17, 15) is 14.4 Å². The fourth-order valence-electron chi connectivity index (χ4n) is 2.60. The van der Waals surface area contributed by atoms with Crippen molar-refractivity contribution in [3.63, 3.8) is 0 Å². The Bertz CT molecular complexity index is 946. The number of rotatable bonds is 13. The highest BCUT2D eigenvalue weighted by Gasteiger charge is 2.09. The normalized spacial score (nSPS) is 10.5. The van der Waals surface area contributed by atoms with Crippen LogP contribution in [0.25, 0.3) is 0 Å². The van der Waals surface area contributed by atoms with Gasteiger partial charge in [0, 0.05) is 20.3 Å². The molecule has 0 bridgehead atoms. The molecule has 10 heteroatoms. The van der Waals surface area contributed by atoms with Crippen LogP contribution < -0.4 is 25.5 Å². The summed E-state index contributed by atoms with van der Waals surface area (Å²) in [5, 5.41) is 9.18. The molecule has 3 N–H and O–H groups in total. The Balaban J connectivity index is 1.71. The summed E-state index contributed by atoms with van der Waals surface area (Å²) in [6, 6.07) is 13.9. The van der Waals surface area contributed by atoms with Gasteiger partial charge in [-0.3, -0.25) is 14.4 Å². The van der Waals surface area contributed by atoms with E-state index in [1.807, 2.05) is 6.07 Å². The summed E-state index contributed by atoms with van der Waals surface area (Å²) < 4.78 is 15.6. The van der Waals surface area contributed by atoms with Crippen LogP contribution in [0.1, 0.15) is 18.4 Å². The summed E-state index contributed by atoms with van der Waals surface area (Å²) in [6.07, 6.45) is 1.80. The number of para-hydroxylation sites is 2. The van der Waals surface area contributed by atoms with Gasteiger partial charge < -0.3 is 24.8 Å². The fourth-order valence-corrected chi connectivity index (χ4v) is 2.60. The first-order valence-electron chi connectivity index (χ1n) is 10.2. The van der Waals surface area contributed by atoms with Crippen molar-refractivity contribution in [1.82, 2.24) is 10.7 Å². The minimum Gasteiger partial charge on any atom is -0.495 e. The molecule has 0 atom stereocenters. The number of benzene rings is 2. The molecule has 2 aromatic rings. The lowest BCUT2D eigenvalue weighted by Crippen LogP contribution is -2.30. The molecule has 2 rings (SSSR count). The summed E-state index contributed by atoms with van der Waals surface area (Å²) >= 11 is 0. The van der Waals surface area contributed by atoms with Gasteiger partial charge in [-0.15, -0.1) is 0 Å². The highest BCUT2D eigenvalue weighted by atomic mass is 16.5. The van der Waals surface area contributed by atoms with Crippen molar-refractivity contribution in [2.24, 2.45) is 5.10 Å². The van der Waals surface area contributed by atoms with Crippen molar-refractivity contribution < 1.29 is 28.6 Å². The van der Waals surface area contributed by atoms with Crippen LogP contribution in [0.3, 0.4) is 0 Å². The second-order valence-electron chi connectivity index (χ2n) is 6.77. The number of ether oxygens (including phenoxy) is 3. The van der Waals surface area contributed by atoms with Gasteiger partial charge in [0.05, 0.1) is 19.0 Å². The molecular weight excluding hydrogens is 428 g/mol. The molecule has 33 heavy (non-hydrogen) atoms. The van der Waals surface area contributed by atoms with E-state index in [-0.39, 0.29) is 24.8 Å². The number of hydrogen-bond donors (Lipinski definition) is 3. The van der Waals surface area contributed by atoms with Crippen molar-refractivity contribution >= 4 is 29.6 Å². The third-order valence-corrected chi connectivity index (χ3v) is 4.20. The maximum Gasteiger partial charge on any atom is 0.262 e. The number of amides is 3. The number of carbonyl (C=O) groups excluding carboxylic acids is 3. The van der Waals surface area contributed by atoms with Crippen molar-refractivity contribution in [2.75, 3.05) is 39.3 Å².